The van der Waals surface area contributed by atoms with Crippen molar-refractivity contribution in [3.63, 3.8) is 0 Å². The van der Waals surface area contributed by atoms with Gasteiger partial charge >= 0.3 is 0 Å². The number of benzene rings is 1. The molecule has 0 fully saturated rings. The number of aryl methyl sites for hydroxylation is 1. The molecule has 0 amide bonds. The highest BCUT2D eigenvalue weighted by Crippen LogP contribution is 2.26. The lowest BCUT2D eigenvalue weighted by molar-refractivity contribution is 0.778. The Hall–Kier alpha value is -1.79. The lowest BCUT2D eigenvalue weighted by Crippen LogP contribution is -1.97. The Bertz CT molecular complexity index is 700. The van der Waals surface area contributed by atoms with Crippen molar-refractivity contribution in [3.8, 4) is 10.6 Å². The summed E-state index contributed by atoms with van der Waals surface area (Å²) in [4.78, 5) is 0.844. The molecule has 6 heteroatoms. The van der Waals surface area contributed by atoms with Gasteiger partial charge in [-0.2, -0.15) is 9.61 Å². The number of hydrogen-bond donors (Lipinski definition) is 1. The predicted octanol–water partition coefficient (Wildman–Crippen LogP) is 2.26. The van der Waals surface area contributed by atoms with E-state index in [9.17, 15) is 0 Å². The molecular weight excluding hydrogens is 258 g/mol. The van der Waals surface area contributed by atoms with Gasteiger partial charge in [-0.15, -0.1) is 10.2 Å². The van der Waals surface area contributed by atoms with Crippen molar-refractivity contribution in [2.45, 2.75) is 26.3 Å². The highest BCUT2D eigenvalue weighted by atomic mass is 32.1. The number of hydrogen-bond acceptors (Lipinski definition) is 5. The highest BCUT2D eigenvalue weighted by molar-refractivity contribution is 7.19. The summed E-state index contributed by atoms with van der Waals surface area (Å²) >= 11 is 1.55. The number of nitrogens with zero attached hydrogens (tertiary/aromatic N) is 4. The van der Waals surface area contributed by atoms with Gasteiger partial charge in [0.2, 0.25) is 4.96 Å². The van der Waals surface area contributed by atoms with Gasteiger partial charge < -0.3 is 5.73 Å². The van der Waals surface area contributed by atoms with Crippen molar-refractivity contribution in [1.82, 2.24) is 19.8 Å². The van der Waals surface area contributed by atoms with E-state index >= 15 is 0 Å². The van der Waals surface area contributed by atoms with Crippen molar-refractivity contribution in [2.75, 3.05) is 0 Å². The minimum Gasteiger partial charge on any atom is -0.326 e. The van der Waals surface area contributed by atoms with Crippen LogP contribution in [0.25, 0.3) is 15.5 Å². The van der Waals surface area contributed by atoms with E-state index in [4.69, 9.17) is 5.73 Å². The van der Waals surface area contributed by atoms with Crippen LogP contribution < -0.4 is 5.73 Å². The Morgan fingerprint density at radius 1 is 1.32 bits per heavy atom. The summed E-state index contributed by atoms with van der Waals surface area (Å²) in [5.41, 5.74) is 7.86. The fourth-order valence-corrected chi connectivity index (χ4v) is 2.84. The van der Waals surface area contributed by atoms with Gasteiger partial charge in [0.1, 0.15) is 5.01 Å². The molecule has 0 saturated carbocycles. The first-order valence-corrected chi connectivity index (χ1v) is 7.14. The van der Waals surface area contributed by atoms with Crippen LogP contribution in [0, 0.1) is 0 Å². The molecule has 0 aliphatic rings. The van der Waals surface area contributed by atoms with E-state index in [2.05, 4.69) is 28.3 Å². The molecular formula is C13H15N5S. The summed E-state index contributed by atoms with van der Waals surface area (Å²) < 4.78 is 1.85. The Labute approximate surface area is 115 Å². The van der Waals surface area contributed by atoms with Gasteiger partial charge in [0.25, 0.3) is 0 Å². The Morgan fingerprint density at radius 3 is 3.00 bits per heavy atom. The SMILES string of the molecule is CCCc1nnc2sc(-c3cccc(CN)c3)nn12. The lowest BCUT2D eigenvalue weighted by Gasteiger charge is -1.99. The van der Waals surface area contributed by atoms with Crippen LogP contribution >= 0.6 is 11.3 Å². The summed E-state index contributed by atoms with van der Waals surface area (Å²) in [6.07, 6.45) is 1.93. The van der Waals surface area contributed by atoms with Gasteiger partial charge in [-0.05, 0) is 18.1 Å². The highest BCUT2D eigenvalue weighted by Gasteiger charge is 2.12. The van der Waals surface area contributed by atoms with Gasteiger partial charge in [-0.3, -0.25) is 0 Å². The molecule has 5 nitrogen and oxygen atoms in total. The van der Waals surface area contributed by atoms with E-state index in [-0.39, 0.29) is 0 Å². The zero-order chi connectivity index (χ0) is 13.2. The molecule has 3 rings (SSSR count). The third kappa shape index (κ3) is 2.24. The summed E-state index contributed by atoms with van der Waals surface area (Å²) in [5, 5.41) is 13.9. The number of fused-ring (bicyclic) bond motifs is 1. The van der Waals surface area contributed by atoms with E-state index in [0.717, 1.165) is 39.8 Å². The molecule has 1 aromatic carbocycles. The standard InChI is InChI=1S/C13H15N5S/c1-2-4-11-15-16-13-18(11)17-12(19-13)10-6-3-5-9(7-10)8-14/h3,5-7H,2,4,8,14H2,1H3. The molecule has 0 bridgehead atoms. The summed E-state index contributed by atoms with van der Waals surface area (Å²) in [7, 11) is 0. The monoisotopic (exact) mass is 273 g/mol. The summed E-state index contributed by atoms with van der Waals surface area (Å²) in [6.45, 7) is 2.66. The first-order valence-electron chi connectivity index (χ1n) is 6.32. The van der Waals surface area contributed by atoms with Crippen LogP contribution in [-0.2, 0) is 13.0 Å². The molecule has 3 aromatic rings. The third-order valence-corrected chi connectivity index (χ3v) is 3.89. The maximum atomic E-state index is 5.67. The van der Waals surface area contributed by atoms with Crippen LogP contribution in [0.5, 0.6) is 0 Å². The molecule has 0 aliphatic carbocycles. The van der Waals surface area contributed by atoms with Gasteiger partial charge in [-0.25, -0.2) is 0 Å². The number of aromatic nitrogens is 4. The fraction of sp³-hybridized carbons (Fsp3) is 0.308. The van der Waals surface area contributed by atoms with Crippen LogP contribution in [0.1, 0.15) is 24.7 Å². The van der Waals surface area contributed by atoms with Crippen molar-refractivity contribution >= 4 is 16.3 Å². The normalized spacial score (nSPS) is 11.3. The van der Waals surface area contributed by atoms with Gasteiger partial charge in [-0.1, -0.05) is 36.5 Å². The van der Waals surface area contributed by atoms with Gasteiger partial charge in [0.15, 0.2) is 5.82 Å². The second kappa shape index (κ2) is 5.07. The second-order valence-electron chi connectivity index (χ2n) is 4.37. The van der Waals surface area contributed by atoms with E-state index in [1.807, 2.05) is 22.7 Å². The van der Waals surface area contributed by atoms with Crippen molar-refractivity contribution in [1.29, 1.82) is 0 Å². The van der Waals surface area contributed by atoms with E-state index in [1.165, 1.54) is 0 Å². The van der Waals surface area contributed by atoms with Crippen LogP contribution in [0.3, 0.4) is 0 Å². The average molecular weight is 273 g/mol. The third-order valence-electron chi connectivity index (χ3n) is 2.94. The van der Waals surface area contributed by atoms with Crippen LogP contribution in [0.15, 0.2) is 24.3 Å². The first-order chi connectivity index (χ1) is 9.31. The van der Waals surface area contributed by atoms with Crippen molar-refractivity contribution in [3.05, 3.63) is 35.7 Å². The summed E-state index contributed by atoms with van der Waals surface area (Å²) in [6, 6.07) is 8.15. The molecule has 0 unspecified atom stereocenters. The Morgan fingerprint density at radius 2 is 2.21 bits per heavy atom. The van der Waals surface area contributed by atoms with E-state index < -0.39 is 0 Å². The Balaban J connectivity index is 2.04. The molecule has 0 spiro atoms. The van der Waals surface area contributed by atoms with Crippen LogP contribution in [0.4, 0.5) is 0 Å². The Kier molecular flexibility index (Phi) is 3.27. The molecule has 0 atom stereocenters. The van der Waals surface area contributed by atoms with E-state index in [1.54, 1.807) is 11.3 Å². The largest absolute Gasteiger partial charge is 0.326 e. The van der Waals surface area contributed by atoms with Gasteiger partial charge in [0.05, 0.1) is 0 Å². The van der Waals surface area contributed by atoms with Crippen molar-refractivity contribution in [2.24, 2.45) is 5.73 Å². The minimum absolute atomic E-state index is 0.541. The molecule has 0 aliphatic heterocycles. The zero-order valence-electron chi connectivity index (χ0n) is 10.7. The molecule has 19 heavy (non-hydrogen) atoms. The molecule has 0 saturated heterocycles. The molecule has 0 radical (unpaired) electrons. The molecule has 2 N–H and O–H groups in total. The van der Waals surface area contributed by atoms with E-state index in [0.29, 0.717) is 6.54 Å². The maximum absolute atomic E-state index is 5.67. The van der Waals surface area contributed by atoms with Gasteiger partial charge in [0, 0.05) is 18.5 Å². The molecule has 2 heterocycles. The lowest BCUT2D eigenvalue weighted by atomic mass is 10.1. The second-order valence-corrected chi connectivity index (χ2v) is 5.33. The molecule has 98 valence electrons. The smallest absolute Gasteiger partial charge is 0.234 e. The van der Waals surface area contributed by atoms with Crippen LogP contribution in [0.2, 0.25) is 0 Å². The number of rotatable bonds is 4. The zero-order valence-corrected chi connectivity index (χ0v) is 11.5. The predicted molar refractivity (Wildman–Crippen MR) is 76.0 cm³/mol. The average Bonchev–Trinajstić information content (AvgIpc) is 3.01. The fourth-order valence-electron chi connectivity index (χ4n) is 1.98. The van der Waals surface area contributed by atoms with Crippen molar-refractivity contribution < 1.29 is 0 Å². The first kappa shape index (κ1) is 12.3. The topological polar surface area (TPSA) is 69.1 Å². The minimum atomic E-state index is 0.541. The number of nitrogens with two attached hydrogens (primary N) is 1. The maximum Gasteiger partial charge on any atom is 0.234 e. The molecule has 2 aromatic heterocycles. The van der Waals surface area contributed by atoms with Crippen LogP contribution in [-0.4, -0.2) is 19.8 Å². The quantitative estimate of drug-likeness (QED) is 0.791. The summed E-state index contributed by atoms with van der Waals surface area (Å²) in [5.74, 6) is 0.926.